The Labute approximate surface area is 162 Å². The Morgan fingerprint density at radius 1 is 1.04 bits per heavy atom. The van der Waals surface area contributed by atoms with Gasteiger partial charge in [0.2, 0.25) is 5.95 Å². The van der Waals surface area contributed by atoms with Crippen LogP contribution in [0.4, 0.5) is 17.3 Å². The Balaban J connectivity index is 1.72. The number of amides is 1. The number of methoxy groups -OCH3 is 1. The number of anilines is 3. The van der Waals surface area contributed by atoms with Crippen molar-refractivity contribution < 1.29 is 9.53 Å². The minimum atomic E-state index is -0.273. The van der Waals surface area contributed by atoms with Gasteiger partial charge in [-0.25, -0.2) is 9.97 Å². The molecule has 0 saturated heterocycles. The highest BCUT2D eigenvalue weighted by molar-refractivity contribution is 6.31. The molecule has 2 N–H and O–H groups in total. The first kappa shape index (κ1) is 18.7. The first-order valence-electron chi connectivity index (χ1n) is 8.27. The van der Waals surface area contributed by atoms with E-state index in [4.69, 9.17) is 16.3 Å². The van der Waals surface area contributed by atoms with Crippen LogP contribution < -0.4 is 15.4 Å². The predicted molar refractivity (Wildman–Crippen MR) is 107 cm³/mol. The third-order valence-corrected chi connectivity index (χ3v) is 4.32. The van der Waals surface area contributed by atoms with Crippen molar-refractivity contribution in [2.24, 2.45) is 0 Å². The summed E-state index contributed by atoms with van der Waals surface area (Å²) >= 11 is 6.02. The van der Waals surface area contributed by atoms with E-state index in [0.717, 1.165) is 11.3 Å². The Bertz CT molecular complexity index is 974. The number of nitrogens with zero attached hydrogens (tertiary/aromatic N) is 2. The van der Waals surface area contributed by atoms with E-state index in [2.05, 4.69) is 20.6 Å². The molecule has 27 heavy (non-hydrogen) atoms. The van der Waals surface area contributed by atoms with E-state index in [-0.39, 0.29) is 5.91 Å². The SMILES string of the molecule is COc1ccc(Cl)cc1Nc1ncc(C(=O)Nc2ccc(C)c(C)c2)cn1. The predicted octanol–water partition coefficient (Wildman–Crippen LogP) is 4.75. The largest absolute Gasteiger partial charge is 0.495 e. The summed E-state index contributed by atoms with van der Waals surface area (Å²) in [5, 5.41) is 6.43. The summed E-state index contributed by atoms with van der Waals surface area (Å²) in [5.41, 5.74) is 4.01. The number of carbonyl (C=O) groups excluding carboxylic acids is 1. The lowest BCUT2D eigenvalue weighted by Crippen LogP contribution is -2.13. The highest BCUT2D eigenvalue weighted by atomic mass is 35.5. The van der Waals surface area contributed by atoms with Gasteiger partial charge in [0.15, 0.2) is 0 Å². The van der Waals surface area contributed by atoms with E-state index in [1.54, 1.807) is 25.3 Å². The quantitative estimate of drug-likeness (QED) is 0.665. The maximum absolute atomic E-state index is 12.4. The van der Waals surface area contributed by atoms with Crippen molar-refractivity contribution in [1.29, 1.82) is 0 Å². The van der Waals surface area contributed by atoms with Gasteiger partial charge < -0.3 is 15.4 Å². The summed E-state index contributed by atoms with van der Waals surface area (Å²) in [6.07, 6.45) is 2.92. The van der Waals surface area contributed by atoms with E-state index >= 15 is 0 Å². The molecule has 0 bridgehead atoms. The lowest BCUT2D eigenvalue weighted by atomic mass is 10.1. The lowest BCUT2D eigenvalue weighted by molar-refractivity contribution is 0.102. The third-order valence-electron chi connectivity index (χ3n) is 4.09. The molecule has 3 aromatic rings. The summed E-state index contributed by atoms with van der Waals surface area (Å²) < 4.78 is 5.28. The number of benzene rings is 2. The van der Waals surface area contributed by atoms with E-state index in [0.29, 0.717) is 28.0 Å². The zero-order valence-corrected chi connectivity index (χ0v) is 16.0. The van der Waals surface area contributed by atoms with Gasteiger partial charge in [-0.05, 0) is 55.3 Å². The number of nitrogens with one attached hydrogen (secondary N) is 2. The molecule has 6 nitrogen and oxygen atoms in total. The Hall–Kier alpha value is -3.12. The number of ether oxygens (including phenoxy) is 1. The third kappa shape index (κ3) is 4.54. The Kier molecular flexibility index (Phi) is 5.57. The molecule has 2 aromatic carbocycles. The van der Waals surface area contributed by atoms with Crippen LogP contribution in [0.3, 0.4) is 0 Å². The highest BCUT2D eigenvalue weighted by Gasteiger charge is 2.10. The highest BCUT2D eigenvalue weighted by Crippen LogP contribution is 2.29. The molecule has 0 aliphatic rings. The van der Waals surface area contributed by atoms with E-state index in [1.807, 2.05) is 32.0 Å². The van der Waals surface area contributed by atoms with Gasteiger partial charge in [0.05, 0.1) is 18.4 Å². The molecule has 138 valence electrons. The number of hydrogen-bond donors (Lipinski definition) is 2. The molecule has 0 atom stereocenters. The maximum atomic E-state index is 12.4. The van der Waals surface area contributed by atoms with Gasteiger partial charge in [-0.1, -0.05) is 17.7 Å². The van der Waals surface area contributed by atoms with Crippen molar-refractivity contribution in [2.45, 2.75) is 13.8 Å². The summed E-state index contributed by atoms with van der Waals surface area (Å²) in [4.78, 5) is 20.8. The molecule has 0 unspecified atom stereocenters. The molecule has 0 radical (unpaired) electrons. The Morgan fingerprint density at radius 3 is 2.44 bits per heavy atom. The number of hydrogen-bond acceptors (Lipinski definition) is 5. The zero-order valence-electron chi connectivity index (χ0n) is 15.2. The minimum Gasteiger partial charge on any atom is -0.495 e. The topological polar surface area (TPSA) is 76.1 Å². The number of rotatable bonds is 5. The van der Waals surface area contributed by atoms with Crippen molar-refractivity contribution in [3.63, 3.8) is 0 Å². The van der Waals surface area contributed by atoms with E-state index < -0.39 is 0 Å². The molecular formula is C20H19ClN4O2. The smallest absolute Gasteiger partial charge is 0.258 e. The summed E-state index contributed by atoms with van der Waals surface area (Å²) in [5.74, 6) is 0.669. The van der Waals surface area contributed by atoms with Gasteiger partial charge >= 0.3 is 0 Å². The Morgan fingerprint density at radius 2 is 1.78 bits per heavy atom. The van der Waals surface area contributed by atoms with Crippen LogP contribution in [0, 0.1) is 13.8 Å². The van der Waals surface area contributed by atoms with Crippen LogP contribution >= 0.6 is 11.6 Å². The van der Waals surface area contributed by atoms with Gasteiger partial charge in [0, 0.05) is 23.1 Å². The first-order valence-corrected chi connectivity index (χ1v) is 8.65. The van der Waals surface area contributed by atoms with Crippen molar-refractivity contribution >= 4 is 34.8 Å². The molecular weight excluding hydrogens is 364 g/mol. The average Bonchev–Trinajstić information content (AvgIpc) is 2.65. The number of halogens is 1. The van der Waals surface area contributed by atoms with Crippen LogP contribution in [0.5, 0.6) is 5.75 Å². The molecule has 0 aliphatic heterocycles. The molecule has 1 heterocycles. The monoisotopic (exact) mass is 382 g/mol. The fraction of sp³-hybridized carbons (Fsp3) is 0.150. The molecule has 0 fully saturated rings. The van der Waals surface area contributed by atoms with Crippen molar-refractivity contribution in [3.8, 4) is 5.75 Å². The van der Waals surface area contributed by atoms with Crippen molar-refractivity contribution in [1.82, 2.24) is 9.97 Å². The molecule has 1 amide bonds. The van der Waals surface area contributed by atoms with Gasteiger partial charge in [0.1, 0.15) is 5.75 Å². The second-order valence-electron chi connectivity index (χ2n) is 6.02. The zero-order chi connectivity index (χ0) is 19.4. The molecule has 3 rings (SSSR count). The molecule has 0 spiro atoms. The second-order valence-corrected chi connectivity index (χ2v) is 6.45. The van der Waals surface area contributed by atoms with Gasteiger partial charge in [-0.3, -0.25) is 4.79 Å². The summed E-state index contributed by atoms with van der Waals surface area (Å²) in [7, 11) is 1.56. The summed E-state index contributed by atoms with van der Waals surface area (Å²) in [6, 6.07) is 10.9. The lowest BCUT2D eigenvalue weighted by Gasteiger charge is -2.11. The van der Waals surface area contributed by atoms with Crippen LogP contribution in [0.2, 0.25) is 5.02 Å². The van der Waals surface area contributed by atoms with E-state index in [9.17, 15) is 4.79 Å². The van der Waals surface area contributed by atoms with Crippen LogP contribution in [0.15, 0.2) is 48.8 Å². The van der Waals surface area contributed by atoms with Gasteiger partial charge in [-0.15, -0.1) is 0 Å². The molecule has 7 heteroatoms. The van der Waals surface area contributed by atoms with E-state index in [1.165, 1.54) is 18.0 Å². The van der Waals surface area contributed by atoms with Crippen LogP contribution in [0.25, 0.3) is 0 Å². The van der Waals surface area contributed by atoms with Gasteiger partial charge in [0.25, 0.3) is 5.91 Å². The minimum absolute atomic E-state index is 0.273. The van der Waals surface area contributed by atoms with Gasteiger partial charge in [-0.2, -0.15) is 0 Å². The first-order chi connectivity index (χ1) is 13.0. The fourth-order valence-corrected chi connectivity index (χ4v) is 2.60. The van der Waals surface area contributed by atoms with Crippen molar-refractivity contribution in [3.05, 3.63) is 70.5 Å². The second kappa shape index (κ2) is 8.05. The average molecular weight is 383 g/mol. The maximum Gasteiger partial charge on any atom is 0.258 e. The standard InChI is InChI=1S/C20H19ClN4O2/c1-12-4-6-16(8-13(12)2)24-19(26)14-10-22-20(23-11-14)25-17-9-15(21)5-7-18(17)27-3/h4-11H,1-3H3,(H,24,26)(H,22,23,25). The number of carbonyl (C=O) groups is 1. The fourth-order valence-electron chi connectivity index (χ4n) is 2.43. The normalized spacial score (nSPS) is 10.4. The van der Waals surface area contributed by atoms with Crippen molar-refractivity contribution in [2.75, 3.05) is 17.7 Å². The molecule has 0 saturated carbocycles. The number of aryl methyl sites for hydroxylation is 2. The van der Waals surface area contributed by atoms with Crippen LogP contribution in [-0.2, 0) is 0 Å². The van der Waals surface area contributed by atoms with Crippen LogP contribution in [0.1, 0.15) is 21.5 Å². The summed E-state index contributed by atoms with van der Waals surface area (Å²) in [6.45, 7) is 4.02. The number of aromatic nitrogens is 2. The van der Waals surface area contributed by atoms with Crippen LogP contribution in [-0.4, -0.2) is 23.0 Å². The molecule has 1 aromatic heterocycles. The molecule has 0 aliphatic carbocycles.